The Bertz CT molecular complexity index is 894. The number of hydrogen-bond acceptors (Lipinski definition) is 2. The molecule has 0 spiro atoms. The predicted octanol–water partition coefficient (Wildman–Crippen LogP) is 6.61. The minimum absolute atomic E-state index is 0.439. The summed E-state index contributed by atoms with van der Waals surface area (Å²) in [6.45, 7) is 0. The van der Waals surface area contributed by atoms with Crippen LogP contribution in [0.5, 0.6) is 0 Å². The Labute approximate surface area is 153 Å². The number of rotatable bonds is 2. The van der Waals surface area contributed by atoms with Crippen molar-refractivity contribution in [3.05, 3.63) is 68.8 Å². The number of nitrogens with two attached hydrogens (primary N) is 1. The van der Waals surface area contributed by atoms with Gasteiger partial charge in [-0.3, -0.25) is 4.98 Å². The highest BCUT2D eigenvalue weighted by Crippen LogP contribution is 2.38. The molecule has 0 saturated heterocycles. The Hall–Kier alpha value is -1.45. The molecule has 3 aromatic rings. The van der Waals surface area contributed by atoms with Crippen LogP contribution < -0.4 is 5.73 Å². The number of nitrogens with zero attached hydrogens (tertiary/aromatic N) is 1. The first kappa shape index (κ1) is 16.4. The van der Waals surface area contributed by atoms with Gasteiger partial charge >= 0.3 is 0 Å². The highest BCUT2D eigenvalue weighted by molar-refractivity contribution is 6.44. The van der Waals surface area contributed by atoms with Gasteiger partial charge in [-0.05, 0) is 18.2 Å². The maximum atomic E-state index is 6.25. The van der Waals surface area contributed by atoms with Crippen molar-refractivity contribution in [2.75, 3.05) is 5.73 Å². The van der Waals surface area contributed by atoms with Crippen molar-refractivity contribution in [1.29, 1.82) is 0 Å². The summed E-state index contributed by atoms with van der Waals surface area (Å²) in [7, 11) is 0. The molecule has 0 atom stereocenters. The van der Waals surface area contributed by atoms with Gasteiger partial charge in [-0.15, -0.1) is 0 Å². The molecule has 0 saturated carbocycles. The predicted molar refractivity (Wildman–Crippen MR) is 99.6 cm³/mol. The van der Waals surface area contributed by atoms with Crippen molar-refractivity contribution in [3.63, 3.8) is 0 Å². The zero-order chi connectivity index (χ0) is 16.6. The molecular weight excluding hydrogens is 374 g/mol. The minimum Gasteiger partial charge on any atom is -0.398 e. The molecule has 0 aliphatic rings. The summed E-state index contributed by atoms with van der Waals surface area (Å²) >= 11 is 24.6. The second-order valence-corrected chi connectivity index (χ2v) is 6.43. The molecule has 0 radical (unpaired) electrons. The summed E-state index contributed by atoms with van der Waals surface area (Å²) in [5, 5.41) is 1.81. The summed E-state index contributed by atoms with van der Waals surface area (Å²) in [4.78, 5) is 4.43. The van der Waals surface area contributed by atoms with Crippen molar-refractivity contribution >= 4 is 52.1 Å². The van der Waals surface area contributed by atoms with E-state index in [0.29, 0.717) is 37.0 Å². The molecule has 0 amide bonds. The van der Waals surface area contributed by atoms with Crippen molar-refractivity contribution in [1.82, 2.24) is 4.98 Å². The summed E-state index contributed by atoms with van der Waals surface area (Å²) in [5.74, 6) is 0. The number of aromatic nitrogens is 1. The number of halogens is 4. The quantitative estimate of drug-likeness (QED) is 0.540. The molecule has 1 heterocycles. The van der Waals surface area contributed by atoms with Crippen molar-refractivity contribution in [2.24, 2.45) is 0 Å². The van der Waals surface area contributed by atoms with E-state index >= 15 is 0 Å². The van der Waals surface area contributed by atoms with E-state index < -0.39 is 0 Å². The number of benzene rings is 2. The van der Waals surface area contributed by atoms with E-state index in [1.54, 1.807) is 24.4 Å². The number of pyridine rings is 1. The lowest BCUT2D eigenvalue weighted by Gasteiger charge is -2.11. The summed E-state index contributed by atoms with van der Waals surface area (Å²) in [6.07, 6.45) is 1.65. The van der Waals surface area contributed by atoms with Gasteiger partial charge < -0.3 is 5.73 Å². The van der Waals surface area contributed by atoms with E-state index in [1.807, 2.05) is 24.3 Å². The number of nitrogen functional groups attached to an aromatic ring is 1. The van der Waals surface area contributed by atoms with Crippen molar-refractivity contribution in [2.45, 2.75) is 0 Å². The molecule has 3 rings (SSSR count). The summed E-state index contributed by atoms with van der Waals surface area (Å²) in [5.41, 5.74) is 9.49. The SMILES string of the molecule is Nc1cc(-c2cccc(Cl)c2Cl)ncc1-c1cccc(Cl)c1Cl. The Morgan fingerprint density at radius 2 is 1.30 bits per heavy atom. The van der Waals surface area contributed by atoms with Gasteiger partial charge in [-0.25, -0.2) is 0 Å². The fraction of sp³-hybridized carbons (Fsp3) is 0. The summed E-state index contributed by atoms with van der Waals surface area (Å²) in [6, 6.07) is 12.5. The molecule has 0 aliphatic carbocycles. The lowest BCUT2D eigenvalue weighted by Crippen LogP contribution is -1.95. The summed E-state index contributed by atoms with van der Waals surface area (Å²) < 4.78 is 0. The van der Waals surface area contributed by atoms with Crippen molar-refractivity contribution in [3.8, 4) is 22.4 Å². The van der Waals surface area contributed by atoms with Crippen LogP contribution in [0.3, 0.4) is 0 Å². The van der Waals surface area contributed by atoms with Crippen LogP contribution in [0.25, 0.3) is 22.4 Å². The fourth-order valence-electron chi connectivity index (χ4n) is 2.26. The standard InChI is InChI=1S/C17H10Cl4N2/c18-12-5-1-3-9(16(12)20)11-8-23-15(7-14(11)22)10-4-2-6-13(19)17(10)21/h1-8H,(H2,22,23). The zero-order valence-electron chi connectivity index (χ0n) is 11.7. The van der Waals surface area contributed by atoms with Crippen LogP contribution in [-0.2, 0) is 0 Å². The highest BCUT2D eigenvalue weighted by Gasteiger charge is 2.13. The molecular formula is C17H10Cl4N2. The monoisotopic (exact) mass is 382 g/mol. The van der Waals surface area contributed by atoms with Crippen LogP contribution in [0.1, 0.15) is 0 Å². The topological polar surface area (TPSA) is 38.9 Å². The second kappa shape index (κ2) is 6.58. The minimum atomic E-state index is 0.439. The van der Waals surface area contributed by atoms with Gasteiger partial charge in [0.1, 0.15) is 0 Å². The van der Waals surface area contributed by atoms with Gasteiger partial charge in [0.15, 0.2) is 0 Å². The Morgan fingerprint density at radius 3 is 1.91 bits per heavy atom. The van der Waals surface area contributed by atoms with E-state index in [2.05, 4.69) is 4.98 Å². The Morgan fingerprint density at radius 1 is 0.739 bits per heavy atom. The molecule has 0 aliphatic heterocycles. The molecule has 23 heavy (non-hydrogen) atoms. The first-order valence-corrected chi connectivity index (χ1v) is 8.14. The molecule has 2 N–H and O–H groups in total. The third kappa shape index (κ3) is 3.13. The molecule has 1 aromatic heterocycles. The van der Waals surface area contributed by atoms with Crippen LogP contribution in [0.15, 0.2) is 48.7 Å². The zero-order valence-corrected chi connectivity index (χ0v) is 14.7. The average molecular weight is 384 g/mol. The number of hydrogen-bond donors (Lipinski definition) is 1. The van der Waals surface area contributed by atoms with Crippen LogP contribution in [0.2, 0.25) is 20.1 Å². The Kier molecular flexibility index (Phi) is 4.69. The van der Waals surface area contributed by atoms with Crippen LogP contribution in [0.4, 0.5) is 5.69 Å². The van der Waals surface area contributed by atoms with Crippen LogP contribution in [0, 0.1) is 0 Å². The average Bonchev–Trinajstić information content (AvgIpc) is 2.53. The van der Waals surface area contributed by atoms with E-state index in [-0.39, 0.29) is 0 Å². The first-order chi connectivity index (χ1) is 11.0. The third-order valence-electron chi connectivity index (χ3n) is 3.41. The lowest BCUT2D eigenvalue weighted by molar-refractivity contribution is 1.33. The molecule has 0 bridgehead atoms. The largest absolute Gasteiger partial charge is 0.398 e. The smallest absolute Gasteiger partial charge is 0.0738 e. The molecule has 2 aromatic carbocycles. The lowest BCUT2D eigenvalue weighted by atomic mass is 10.0. The van der Waals surface area contributed by atoms with E-state index in [9.17, 15) is 0 Å². The van der Waals surface area contributed by atoms with Crippen molar-refractivity contribution < 1.29 is 0 Å². The molecule has 0 unspecified atom stereocenters. The molecule has 116 valence electrons. The normalized spacial score (nSPS) is 10.8. The van der Waals surface area contributed by atoms with Gasteiger partial charge in [0, 0.05) is 28.6 Å². The van der Waals surface area contributed by atoms with Gasteiger partial charge in [0.2, 0.25) is 0 Å². The maximum Gasteiger partial charge on any atom is 0.0738 e. The Balaban J connectivity index is 2.12. The van der Waals surface area contributed by atoms with Gasteiger partial charge in [0.25, 0.3) is 0 Å². The maximum absolute atomic E-state index is 6.25. The molecule has 0 fully saturated rings. The molecule has 6 heteroatoms. The number of anilines is 1. The van der Waals surface area contributed by atoms with E-state index in [1.165, 1.54) is 0 Å². The third-order valence-corrected chi connectivity index (χ3v) is 5.04. The van der Waals surface area contributed by atoms with Gasteiger partial charge in [-0.2, -0.15) is 0 Å². The van der Waals surface area contributed by atoms with E-state index in [0.717, 1.165) is 11.1 Å². The highest BCUT2D eigenvalue weighted by atomic mass is 35.5. The molecule has 2 nitrogen and oxygen atoms in total. The van der Waals surface area contributed by atoms with Crippen LogP contribution in [-0.4, -0.2) is 4.98 Å². The first-order valence-electron chi connectivity index (χ1n) is 6.63. The van der Waals surface area contributed by atoms with E-state index in [4.69, 9.17) is 52.1 Å². The van der Waals surface area contributed by atoms with Gasteiger partial charge in [-0.1, -0.05) is 70.7 Å². The second-order valence-electron chi connectivity index (χ2n) is 4.86. The van der Waals surface area contributed by atoms with Crippen LogP contribution >= 0.6 is 46.4 Å². The van der Waals surface area contributed by atoms with Gasteiger partial charge in [0.05, 0.1) is 25.8 Å². The fourth-order valence-corrected chi connectivity index (χ4v) is 3.06.